The maximum absolute atomic E-state index is 11.9. The zero-order valence-electron chi connectivity index (χ0n) is 21.7. The summed E-state index contributed by atoms with van der Waals surface area (Å²) in [6.45, 7) is 12.5. The lowest BCUT2D eigenvalue weighted by Crippen LogP contribution is -2.62. The molecule has 2 saturated carbocycles. The van der Waals surface area contributed by atoms with Gasteiger partial charge in [-0.05, 0) is 68.1 Å². The Kier molecular flexibility index (Phi) is 6.36. The van der Waals surface area contributed by atoms with Gasteiger partial charge in [-0.15, -0.1) is 0 Å². The van der Waals surface area contributed by atoms with E-state index in [0.29, 0.717) is 11.8 Å². The van der Waals surface area contributed by atoms with Gasteiger partial charge in [0.25, 0.3) is 0 Å². The Morgan fingerprint density at radius 2 is 1.97 bits per heavy atom. The Hall–Kier alpha value is -1.95. The van der Waals surface area contributed by atoms with E-state index in [9.17, 15) is 5.11 Å². The van der Waals surface area contributed by atoms with Gasteiger partial charge in [0, 0.05) is 20.6 Å². The van der Waals surface area contributed by atoms with Gasteiger partial charge in [0.2, 0.25) is 0 Å². The van der Waals surface area contributed by atoms with Crippen molar-refractivity contribution in [1.82, 2.24) is 19.1 Å². The number of imidazole rings is 1. The van der Waals surface area contributed by atoms with Crippen molar-refractivity contribution in [1.29, 1.82) is 0 Å². The lowest BCUT2D eigenvalue weighted by Gasteiger charge is -2.62. The van der Waals surface area contributed by atoms with Gasteiger partial charge in [-0.1, -0.05) is 45.8 Å². The van der Waals surface area contributed by atoms with Gasteiger partial charge >= 0.3 is 0 Å². The Morgan fingerprint density at radius 3 is 2.70 bits per heavy atom. The molecular formula is C27H43N5O. The van der Waals surface area contributed by atoms with E-state index in [0.717, 1.165) is 61.7 Å². The molecule has 2 aromatic rings. The Bertz CT molecular complexity index is 1110. The molecule has 0 saturated heterocycles. The van der Waals surface area contributed by atoms with Gasteiger partial charge < -0.3 is 14.2 Å². The summed E-state index contributed by atoms with van der Waals surface area (Å²) >= 11 is 0. The summed E-state index contributed by atoms with van der Waals surface area (Å²) in [5, 5.41) is 11.9. The molecule has 6 nitrogen and oxygen atoms in total. The SMILES string of the molecule is CN=c1ncn(C)c2ncn(C/C=C(\C)CC[C@@]3(C)C(C)CCC4(O)C3CCCC4(C)C)c12. The first-order chi connectivity index (χ1) is 15.5. The number of hydrogen-bond acceptors (Lipinski definition) is 4. The first-order valence-corrected chi connectivity index (χ1v) is 12.7. The number of aromatic nitrogens is 4. The maximum atomic E-state index is 11.9. The number of hydrogen-bond donors (Lipinski definition) is 1. The Balaban J connectivity index is 1.52. The van der Waals surface area contributed by atoms with Crippen LogP contribution in [0.15, 0.2) is 29.3 Å². The molecule has 0 radical (unpaired) electrons. The number of nitrogens with zero attached hydrogens (tertiary/aromatic N) is 5. The second kappa shape index (κ2) is 8.68. The molecule has 2 aliphatic rings. The summed E-state index contributed by atoms with van der Waals surface area (Å²) < 4.78 is 4.08. The molecule has 2 heterocycles. The van der Waals surface area contributed by atoms with Gasteiger partial charge in [-0.3, -0.25) is 4.99 Å². The van der Waals surface area contributed by atoms with Gasteiger partial charge in [0.1, 0.15) is 5.52 Å². The molecule has 0 aliphatic heterocycles. The molecule has 2 fully saturated rings. The summed E-state index contributed by atoms with van der Waals surface area (Å²) in [4.78, 5) is 13.4. The number of aliphatic hydroxyl groups is 1. The van der Waals surface area contributed by atoms with Crippen LogP contribution < -0.4 is 5.49 Å². The highest BCUT2D eigenvalue weighted by molar-refractivity contribution is 5.69. The minimum atomic E-state index is -0.525. The standard InChI is InChI=1S/C27H43N5O/c1-19(12-16-32-18-30-24-22(32)23(28-6)29-17-31(24)7)10-14-26(5)20(2)11-15-27(33)21(26)9-8-13-25(27,3)4/h12,17-18,20-21,33H,8-11,13-16H2,1-7H3/b19-12+,28-23?/t20?,21?,26-,27?/m0/s1. The van der Waals surface area contributed by atoms with E-state index in [1.807, 2.05) is 17.9 Å². The smallest absolute Gasteiger partial charge is 0.176 e. The zero-order chi connectivity index (χ0) is 24.0. The fraction of sp³-hybridized carbons (Fsp3) is 0.741. The minimum Gasteiger partial charge on any atom is -0.389 e. The Labute approximate surface area is 198 Å². The maximum Gasteiger partial charge on any atom is 0.176 e. The fourth-order valence-corrected chi connectivity index (χ4v) is 6.83. The second-order valence-electron chi connectivity index (χ2n) is 11.7. The molecule has 4 atom stereocenters. The van der Waals surface area contributed by atoms with Crippen molar-refractivity contribution in [3.05, 3.63) is 29.8 Å². The van der Waals surface area contributed by atoms with E-state index in [-0.39, 0.29) is 10.8 Å². The van der Waals surface area contributed by atoms with Crippen LogP contribution in [0.4, 0.5) is 0 Å². The first-order valence-electron chi connectivity index (χ1n) is 12.7. The van der Waals surface area contributed by atoms with Crippen molar-refractivity contribution < 1.29 is 5.11 Å². The van der Waals surface area contributed by atoms with Gasteiger partial charge in [0.05, 0.1) is 18.3 Å². The zero-order valence-corrected chi connectivity index (χ0v) is 21.7. The monoisotopic (exact) mass is 453 g/mol. The summed E-state index contributed by atoms with van der Waals surface area (Å²) in [5.41, 5.74) is 3.67. The normalized spacial score (nSPS) is 32.8. The van der Waals surface area contributed by atoms with E-state index in [1.54, 1.807) is 13.4 Å². The van der Waals surface area contributed by atoms with Crippen LogP contribution in [0.2, 0.25) is 0 Å². The lowest BCUT2D eigenvalue weighted by molar-refractivity contribution is -0.212. The van der Waals surface area contributed by atoms with Crippen LogP contribution in [0, 0.1) is 22.7 Å². The van der Waals surface area contributed by atoms with Crippen molar-refractivity contribution in [2.24, 2.45) is 34.7 Å². The van der Waals surface area contributed by atoms with E-state index in [4.69, 9.17) is 0 Å². The number of allylic oxidation sites excluding steroid dienone is 2. The summed E-state index contributed by atoms with van der Waals surface area (Å²) in [6.07, 6.45) is 13.8. The van der Waals surface area contributed by atoms with Crippen LogP contribution in [-0.2, 0) is 13.6 Å². The van der Waals surface area contributed by atoms with Gasteiger partial charge in [0.15, 0.2) is 11.1 Å². The van der Waals surface area contributed by atoms with E-state index in [1.165, 1.54) is 12.0 Å². The number of rotatable bonds is 5. The van der Waals surface area contributed by atoms with Crippen molar-refractivity contribution in [2.75, 3.05) is 7.05 Å². The van der Waals surface area contributed by atoms with Crippen LogP contribution >= 0.6 is 0 Å². The largest absolute Gasteiger partial charge is 0.389 e. The highest BCUT2D eigenvalue weighted by Gasteiger charge is 2.60. The van der Waals surface area contributed by atoms with Gasteiger partial charge in [-0.2, -0.15) is 0 Å². The molecule has 182 valence electrons. The van der Waals surface area contributed by atoms with Gasteiger partial charge in [-0.25, -0.2) is 9.97 Å². The number of aryl methyl sites for hydroxylation is 1. The Morgan fingerprint density at radius 1 is 1.21 bits per heavy atom. The highest BCUT2D eigenvalue weighted by atomic mass is 16.3. The predicted molar refractivity (Wildman–Crippen MR) is 134 cm³/mol. The third kappa shape index (κ3) is 3.98. The van der Waals surface area contributed by atoms with Crippen molar-refractivity contribution >= 4 is 11.2 Å². The molecule has 2 aromatic heterocycles. The van der Waals surface area contributed by atoms with Crippen LogP contribution in [0.3, 0.4) is 0 Å². The van der Waals surface area contributed by atoms with E-state index >= 15 is 0 Å². The summed E-state index contributed by atoms with van der Waals surface area (Å²) in [6, 6.07) is 0. The fourth-order valence-electron chi connectivity index (χ4n) is 6.83. The first kappa shape index (κ1) is 24.2. The third-order valence-electron chi connectivity index (χ3n) is 9.55. The molecule has 1 N–H and O–H groups in total. The second-order valence-corrected chi connectivity index (χ2v) is 11.7. The van der Waals surface area contributed by atoms with E-state index in [2.05, 4.69) is 60.2 Å². The average Bonchev–Trinajstić information content (AvgIpc) is 3.21. The highest BCUT2D eigenvalue weighted by Crippen LogP contribution is 2.62. The molecule has 0 bridgehead atoms. The molecular weight excluding hydrogens is 410 g/mol. The molecule has 0 aromatic carbocycles. The van der Waals surface area contributed by atoms with Crippen LogP contribution in [0.5, 0.6) is 0 Å². The lowest BCUT2D eigenvalue weighted by atomic mass is 9.45. The minimum absolute atomic E-state index is 0.0108. The molecule has 0 spiro atoms. The molecule has 33 heavy (non-hydrogen) atoms. The van der Waals surface area contributed by atoms with Crippen LogP contribution in [0.25, 0.3) is 11.2 Å². The van der Waals surface area contributed by atoms with Crippen molar-refractivity contribution in [3.8, 4) is 0 Å². The van der Waals surface area contributed by atoms with Crippen LogP contribution in [0.1, 0.15) is 79.6 Å². The molecule has 2 aliphatic carbocycles. The topological polar surface area (TPSA) is 68.2 Å². The predicted octanol–water partition coefficient (Wildman–Crippen LogP) is 5.02. The number of fused-ring (bicyclic) bond motifs is 2. The molecule has 6 heteroatoms. The summed E-state index contributed by atoms with van der Waals surface area (Å²) in [5.74, 6) is 1.03. The average molecular weight is 454 g/mol. The molecule has 0 amide bonds. The third-order valence-corrected chi connectivity index (χ3v) is 9.55. The van der Waals surface area contributed by atoms with Crippen molar-refractivity contribution in [2.45, 2.75) is 91.7 Å². The molecule has 4 rings (SSSR count). The van der Waals surface area contributed by atoms with E-state index < -0.39 is 5.60 Å². The molecule has 3 unspecified atom stereocenters. The van der Waals surface area contributed by atoms with Crippen LogP contribution in [-0.4, -0.2) is 36.9 Å². The quantitative estimate of drug-likeness (QED) is 0.646. The van der Waals surface area contributed by atoms with Crippen molar-refractivity contribution in [3.63, 3.8) is 0 Å². The summed E-state index contributed by atoms with van der Waals surface area (Å²) in [7, 11) is 3.74.